The summed E-state index contributed by atoms with van der Waals surface area (Å²) >= 11 is 0. The van der Waals surface area contributed by atoms with Crippen LogP contribution in [-0.4, -0.2) is 5.11 Å². The van der Waals surface area contributed by atoms with Crippen molar-refractivity contribution in [2.24, 2.45) is 0 Å². The van der Waals surface area contributed by atoms with Crippen LogP contribution in [0.4, 0.5) is 0 Å². The van der Waals surface area contributed by atoms with Crippen LogP contribution >= 0.6 is 0 Å². The first kappa shape index (κ1) is 4.62. The Hall–Kier alpha value is -1.24. The Morgan fingerprint density at radius 2 is 1.89 bits per heavy atom. The van der Waals surface area contributed by atoms with Crippen LogP contribution in [0.2, 0.25) is 0 Å². The fourth-order valence-electron chi connectivity index (χ4n) is 0.875. The summed E-state index contributed by atoms with van der Waals surface area (Å²) in [6.45, 7) is 0. The van der Waals surface area contributed by atoms with Crippen molar-refractivity contribution in [1.29, 1.82) is 0 Å². The van der Waals surface area contributed by atoms with E-state index in [9.17, 15) is 0 Å². The van der Waals surface area contributed by atoms with E-state index in [0.717, 1.165) is 11.1 Å². The summed E-state index contributed by atoms with van der Waals surface area (Å²) < 4.78 is 0. The Balaban J connectivity index is 2.44. The molecule has 0 aromatic heterocycles. The maximum absolute atomic E-state index is 9.10. The summed E-state index contributed by atoms with van der Waals surface area (Å²) in [5, 5.41) is 9.10. The molecule has 1 N–H and O–H groups in total. The van der Waals surface area contributed by atoms with Gasteiger partial charge in [-0.25, -0.2) is 0 Å². The van der Waals surface area contributed by atoms with Crippen molar-refractivity contribution < 1.29 is 5.11 Å². The van der Waals surface area contributed by atoms with Crippen LogP contribution in [0.3, 0.4) is 0 Å². The van der Waals surface area contributed by atoms with Crippen molar-refractivity contribution in [3.63, 3.8) is 0 Å². The van der Waals surface area contributed by atoms with E-state index in [0.29, 0.717) is 5.76 Å². The van der Waals surface area contributed by atoms with E-state index in [-0.39, 0.29) is 0 Å². The van der Waals surface area contributed by atoms with Crippen molar-refractivity contribution in [1.82, 2.24) is 0 Å². The van der Waals surface area contributed by atoms with E-state index >= 15 is 0 Å². The van der Waals surface area contributed by atoms with Crippen LogP contribution in [0.1, 0.15) is 0 Å². The zero-order valence-corrected chi connectivity index (χ0v) is 4.83. The lowest BCUT2D eigenvalue weighted by Crippen LogP contribution is -1.72. The highest BCUT2D eigenvalue weighted by atomic mass is 16.3. The summed E-state index contributed by atoms with van der Waals surface area (Å²) in [6, 6.07) is 0. The Labute approximate surface area is 53.3 Å². The molecule has 0 atom stereocenters. The van der Waals surface area contributed by atoms with Gasteiger partial charge in [0.05, 0.1) is 0 Å². The highest BCUT2D eigenvalue weighted by molar-refractivity contribution is 5.67. The van der Waals surface area contributed by atoms with Gasteiger partial charge in [-0.1, -0.05) is 18.2 Å². The standard InChI is InChI=1S/C8H6O/c9-8-4-2-1-3-6-5-7(6)8/h1-5,9H. The molecule has 0 heterocycles. The first-order chi connectivity index (χ1) is 4.38. The summed E-state index contributed by atoms with van der Waals surface area (Å²) in [5.74, 6) is 0.384. The second-order valence-electron chi connectivity index (χ2n) is 2.12. The first-order valence-corrected chi connectivity index (χ1v) is 2.88. The van der Waals surface area contributed by atoms with Crippen LogP contribution in [0, 0.1) is 0 Å². The third kappa shape index (κ3) is 0.617. The van der Waals surface area contributed by atoms with Crippen LogP contribution in [-0.2, 0) is 0 Å². The molecule has 0 fully saturated rings. The number of allylic oxidation sites excluding steroid dienone is 6. The number of hydrogen-bond acceptors (Lipinski definition) is 1. The minimum Gasteiger partial charge on any atom is -0.507 e. The zero-order valence-electron chi connectivity index (χ0n) is 4.83. The summed E-state index contributed by atoms with van der Waals surface area (Å²) in [5.41, 5.74) is 2.14. The quantitative estimate of drug-likeness (QED) is 0.514. The van der Waals surface area contributed by atoms with Crippen molar-refractivity contribution in [3.05, 3.63) is 47.3 Å². The monoisotopic (exact) mass is 118 g/mol. The van der Waals surface area contributed by atoms with Gasteiger partial charge in [-0.05, 0) is 17.7 Å². The van der Waals surface area contributed by atoms with Crippen molar-refractivity contribution in [2.45, 2.75) is 0 Å². The predicted molar refractivity (Wildman–Crippen MR) is 36.0 cm³/mol. The second kappa shape index (κ2) is 1.38. The maximum Gasteiger partial charge on any atom is 0.123 e. The number of rotatable bonds is 0. The Morgan fingerprint density at radius 3 is 2.78 bits per heavy atom. The molecule has 0 aromatic carbocycles. The number of aliphatic hydroxyl groups excluding tert-OH is 1. The second-order valence-corrected chi connectivity index (χ2v) is 2.12. The van der Waals surface area contributed by atoms with Crippen molar-refractivity contribution in [3.8, 4) is 0 Å². The maximum atomic E-state index is 9.10. The molecule has 0 spiro atoms. The minimum absolute atomic E-state index is 0.384. The molecular weight excluding hydrogens is 112 g/mol. The average molecular weight is 118 g/mol. The van der Waals surface area contributed by atoms with E-state index in [2.05, 4.69) is 0 Å². The largest absolute Gasteiger partial charge is 0.507 e. The molecule has 0 amide bonds. The van der Waals surface area contributed by atoms with Crippen LogP contribution in [0.15, 0.2) is 47.3 Å². The van der Waals surface area contributed by atoms with E-state index in [1.165, 1.54) is 0 Å². The fourth-order valence-corrected chi connectivity index (χ4v) is 0.875. The number of hydrogen-bond donors (Lipinski definition) is 1. The lowest BCUT2D eigenvalue weighted by molar-refractivity contribution is 0.429. The SMILES string of the molecule is OC1=CC=CC=C2C=C12. The van der Waals surface area contributed by atoms with E-state index < -0.39 is 0 Å². The smallest absolute Gasteiger partial charge is 0.123 e. The average Bonchev–Trinajstić information content (AvgIpc) is 2.55. The molecule has 0 aliphatic heterocycles. The molecule has 2 aliphatic rings. The minimum atomic E-state index is 0.384. The zero-order chi connectivity index (χ0) is 6.27. The third-order valence-corrected chi connectivity index (χ3v) is 1.44. The molecule has 2 rings (SSSR count). The van der Waals surface area contributed by atoms with E-state index in [4.69, 9.17) is 5.11 Å². The molecule has 0 aromatic rings. The number of aliphatic hydroxyl groups is 1. The van der Waals surface area contributed by atoms with Gasteiger partial charge in [0.2, 0.25) is 0 Å². The highest BCUT2D eigenvalue weighted by Crippen LogP contribution is 2.34. The van der Waals surface area contributed by atoms with Crippen LogP contribution in [0.25, 0.3) is 0 Å². The molecule has 2 aliphatic carbocycles. The molecule has 0 unspecified atom stereocenters. The first-order valence-electron chi connectivity index (χ1n) is 2.88. The molecule has 1 nitrogen and oxygen atoms in total. The fraction of sp³-hybridized carbons (Fsp3) is 0. The third-order valence-electron chi connectivity index (χ3n) is 1.44. The van der Waals surface area contributed by atoms with Crippen molar-refractivity contribution >= 4 is 0 Å². The molecule has 0 saturated carbocycles. The van der Waals surface area contributed by atoms with Crippen LogP contribution in [0.5, 0.6) is 0 Å². The molecule has 9 heavy (non-hydrogen) atoms. The van der Waals surface area contributed by atoms with E-state index in [1.807, 2.05) is 24.3 Å². The van der Waals surface area contributed by atoms with Gasteiger partial charge in [0.1, 0.15) is 5.76 Å². The highest BCUT2D eigenvalue weighted by Gasteiger charge is 2.19. The summed E-state index contributed by atoms with van der Waals surface area (Å²) in [7, 11) is 0. The Kier molecular flexibility index (Phi) is 0.707. The van der Waals surface area contributed by atoms with Gasteiger partial charge in [-0.3, -0.25) is 0 Å². The molecule has 1 heteroatoms. The summed E-state index contributed by atoms with van der Waals surface area (Å²) in [6.07, 6.45) is 9.38. The summed E-state index contributed by atoms with van der Waals surface area (Å²) in [4.78, 5) is 0. The van der Waals surface area contributed by atoms with Gasteiger partial charge in [0, 0.05) is 5.57 Å². The Morgan fingerprint density at radius 1 is 1.11 bits per heavy atom. The molecular formula is C8H6O. The molecule has 44 valence electrons. The van der Waals surface area contributed by atoms with Gasteiger partial charge in [-0.15, -0.1) is 0 Å². The van der Waals surface area contributed by atoms with E-state index in [1.54, 1.807) is 6.08 Å². The van der Waals surface area contributed by atoms with Gasteiger partial charge < -0.3 is 5.11 Å². The van der Waals surface area contributed by atoms with Gasteiger partial charge in [-0.2, -0.15) is 0 Å². The lowest BCUT2D eigenvalue weighted by Gasteiger charge is -1.84. The van der Waals surface area contributed by atoms with Gasteiger partial charge in [0.25, 0.3) is 0 Å². The van der Waals surface area contributed by atoms with Crippen molar-refractivity contribution in [2.75, 3.05) is 0 Å². The number of fused-ring (bicyclic) bond motifs is 1. The predicted octanol–water partition coefficient (Wildman–Crippen LogP) is 1.86. The molecule has 0 bridgehead atoms. The van der Waals surface area contributed by atoms with Crippen LogP contribution < -0.4 is 0 Å². The normalized spacial score (nSPS) is 21.1. The van der Waals surface area contributed by atoms with Gasteiger partial charge >= 0.3 is 0 Å². The topological polar surface area (TPSA) is 20.2 Å². The Bertz CT molecular complexity index is 264. The molecule has 0 saturated heterocycles. The lowest BCUT2D eigenvalue weighted by atomic mass is 10.3. The molecule has 0 radical (unpaired) electrons. The van der Waals surface area contributed by atoms with Gasteiger partial charge in [0.15, 0.2) is 0 Å².